The van der Waals surface area contributed by atoms with Crippen LogP contribution in [0.5, 0.6) is 0 Å². The number of benzene rings is 2. The van der Waals surface area contributed by atoms with Crippen molar-refractivity contribution in [2.45, 2.75) is 44.1 Å². The lowest BCUT2D eigenvalue weighted by atomic mass is 9.73. The molecule has 1 nitrogen and oxygen atoms in total. The lowest BCUT2D eigenvalue weighted by Crippen LogP contribution is -2.43. The van der Waals surface area contributed by atoms with Gasteiger partial charge in [0.25, 0.3) is 0 Å². The predicted octanol–water partition coefficient (Wildman–Crippen LogP) is 4.17. The van der Waals surface area contributed by atoms with E-state index in [0.717, 1.165) is 24.4 Å². The molecule has 1 unspecified atom stereocenters. The molecule has 0 aliphatic heterocycles. The Morgan fingerprint density at radius 1 is 0.952 bits per heavy atom. The molecule has 1 fully saturated rings. The standard InChI is InChI=1S/C20H23N/c1-14-6-2-4-8-19(14)16-11-18(12-16)21-13-17-10-15-7-3-5-9-20(15)17/h2-9,16-18,21H,10-13H2,1H3. The van der Waals surface area contributed by atoms with E-state index in [2.05, 4.69) is 60.8 Å². The summed E-state index contributed by atoms with van der Waals surface area (Å²) in [6.45, 7) is 3.39. The maximum Gasteiger partial charge on any atom is 0.00789 e. The van der Waals surface area contributed by atoms with Crippen LogP contribution in [0.1, 0.15) is 46.9 Å². The Labute approximate surface area is 127 Å². The average Bonchev–Trinajstić information content (AvgIpc) is 2.43. The van der Waals surface area contributed by atoms with Crippen LogP contribution in [0.3, 0.4) is 0 Å². The van der Waals surface area contributed by atoms with Gasteiger partial charge in [-0.15, -0.1) is 0 Å². The molecule has 21 heavy (non-hydrogen) atoms. The van der Waals surface area contributed by atoms with Gasteiger partial charge in [-0.3, -0.25) is 0 Å². The topological polar surface area (TPSA) is 12.0 Å². The summed E-state index contributed by atoms with van der Waals surface area (Å²) in [5, 5.41) is 3.78. The first-order chi connectivity index (χ1) is 10.3. The second kappa shape index (κ2) is 5.31. The maximum atomic E-state index is 3.78. The molecule has 108 valence electrons. The van der Waals surface area contributed by atoms with Crippen LogP contribution in [-0.2, 0) is 6.42 Å². The minimum atomic E-state index is 0.724. The number of rotatable bonds is 4. The third-order valence-corrected chi connectivity index (χ3v) is 5.38. The highest BCUT2D eigenvalue weighted by atomic mass is 14.9. The molecule has 0 aromatic heterocycles. The highest BCUT2D eigenvalue weighted by Gasteiger charge is 2.32. The third kappa shape index (κ3) is 2.40. The Bertz CT molecular complexity index is 640. The molecule has 4 rings (SSSR count). The Balaban J connectivity index is 1.28. The van der Waals surface area contributed by atoms with Crippen LogP contribution < -0.4 is 5.32 Å². The molecule has 0 saturated heterocycles. The maximum absolute atomic E-state index is 3.78. The number of nitrogens with one attached hydrogen (secondary N) is 1. The Hall–Kier alpha value is -1.60. The second-order valence-corrected chi connectivity index (χ2v) is 6.73. The molecule has 1 atom stereocenters. The number of hydrogen-bond acceptors (Lipinski definition) is 1. The van der Waals surface area contributed by atoms with Crippen molar-refractivity contribution in [3.8, 4) is 0 Å². The van der Waals surface area contributed by atoms with Crippen molar-refractivity contribution in [2.24, 2.45) is 0 Å². The Morgan fingerprint density at radius 2 is 1.67 bits per heavy atom. The van der Waals surface area contributed by atoms with E-state index in [1.165, 1.54) is 24.8 Å². The Kier molecular flexibility index (Phi) is 3.31. The van der Waals surface area contributed by atoms with Crippen LogP contribution >= 0.6 is 0 Å². The van der Waals surface area contributed by atoms with E-state index < -0.39 is 0 Å². The van der Waals surface area contributed by atoms with Crippen molar-refractivity contribution in [3.63, 3.8) is 0 Å². The van der Waals surface area contributed by atoms with Gasteiger partial charge in [-0.1, -0.05) is 48.5 Å². The quantitative estimate of drug-likeness (QED) is 0.884. The smallest absolute Gasteiger partial charge is 0.00789 e. The van der Waals surface area contributed by atoms with Crippen LogP contribution in [0.2, 0.25) is 0 Å². The van der Waals surface area contributed by atoms with Gasteiger partial charge in [0.05, 0.1) is 0 Å². The van der Waals surface area contributed by atoms with Gasteiger partial charge in [0, 0.05) is 18.5 Å². The van der Waals surface area contributed by atoms with Crippen LogP contribution in [0.25, 0.3) is 0 Å². The first kappa shape index (κ1) is 13.1. The predicted molar refractivity (Wildman–Crippen MR) is 87.8 cm³/mol. The van der Waals surface area contributed by atoms with Crippen molar-refractivity contribution in [2.75, 3.05) is 6.54 Å². The summed E-state index contributed by atoms with van der Waals surface area (Å²) in [5.41, 5.74) is 6.13. The monoisotopic (exact) mass is 277 g/mol. The van der Waals surface area contributed by atoms with Crippen LogP contribution in [0, 0.1) is 6.92 Å². The zero-order valence-corrected chi connectivity index (χ0v) is 12.7. The zero-order valence-electron chi connectivity index (χ0n) is 12.7. The van der Waals surface area contributed by atoms with Gasteiger partial charge in [0.2, 0.25) is 0 Å². The highest BCUT2D eigenvalue weighted by Crippen LogP contribution is 2.39. The summed E-state index contributed by atoms with van der Waals surface area (Å²) >= 11 is 0. The van der Waals surface area contributed by atoms with Crippen molar-refractivity contribution in [1.82, 2.24) is 5.32 Å². The molecule has 1 saturated carbocycles. The summed E-state index contributed by atoms with van der Waals surface area (Å²) in [4.78, 5) is 0. The lowest BCUT2D eigenvalue weighted by molar-refractivity contribution is 0.282. The van der Waals surface area contributed by atoms with Gasteiger partial charge in [-0.25, -0.2) is 0 Å². The van der Waals surface area contributed by atoms with Gasteiger partial charge in [-0.2, -0.15) is 0 Å². The molecule has 2 aliphatic rings. The molecule has 0 radical (unpaired) electrons. The summed E-state index contributed by atoms with van der Waals surface area (Å²) in [6, 6.07) is 18.5. The molecule has 0 amide bonds. The van der Waals surface area contributed by atoms with E-state index in [1.807, 2.05) is 0 Å². The first-order valence-corrected chi connectivity index (χ1v) is 8.18. The van der Waals surface area contributed by atoms with Crippen molar-refractivity contribution < 1.29 is 0 Å². The molecule has 0 spiro atoms. The van der Waals surface area contributed by atoms with E-state index in [4.69, 9.17) is 0 Å². The van der Waals surface area contributed by atoms with Crippen LogP contribution in [0.15, 0.2) is 48.5 Å². The fraction of sp³-hybridized carbons (Fsp3) is 0.400. The summed E-state index contributed by atoms with van der Waals surface area (Å²) < 4.78 is 0. The third-order valence-electron chi connectivity index (χ3n) is 5.38. The first-order valence-electron chi connectivity index (χ1n) is 8.18. The molecular weight excluding hydrogens is 254 g/mol. The van der Waals surface area contributed by atoms with E-state index in [-0.39, 0.29) is 0 Å². The molecule has 0 bridgehead atoms. The van der Waals surface area contributed by atoms with Gasteiger partial charge >= 0.3 is 0 Å². The van der Waals surface area contributed by atoms with Crippen molar-refractivity contribution in [1.29, 1.82) is 0 Å². The largest absolute Gasteiger partial charge is 0.313 e. The molecule has 1 N–H and O–H groups in total. The zero-order chi connectivity index (χ0) is 14.2. The van der Waals surface area contributed by atoms with Gasteiger partial charge in [-0.05, 0) is 54.4 Å². The van der Waals surface area contributed by atoms with Gasteiger partial charge < -0.3 is 5.32 Å². The van der Waals surface area contributed by atoms with Gasteiger partial charge in [0.1, 0.15) is 0 Å². The number of hydrogen-bond donors (Lipinski definition) is 1. The summed E-state index contributed by atoms with van der Waals surface area (Å²) in [7, 11) is 0. The molecular formula is C20H23N. The highest BCUT2D eigenvalue weighted by molar-refractivity contribution is 5.40. The van der Waals surface area contributed by atoms with E-state index in [1.54, 1.807) is 16.7 Å². The van der Waals surface area contributed by atoms with E-state index >= 15 is 0 Å². The molecule has 2 aliphatic carbocycles. The van der Waals surface area contributed by atoms with Crippen molar-refractivity contribution in [3.05, 3.63) is 70.8 Å². The Morgan fingerprint density at radius 3 is 2.43 bits per heavy atom. The van der Waals surface area contributed by atoms with Crippen LogP contribution in [0.4, 0.5) is 0 Å². The summed E-state index contributed by atoms with van der Waals surface area (Å²) in [5.74, 6) is 1.52. The average molecular weight is 277 g/mol. The van der Waals surface area contributed by atoms with Gasteiger partial charge in [0.15, 0.2) is 0 Å². The SMILES string of the molecule is Cc1ccccc1C1CC(NCC2Cc3ccccc32)C1. The fourth-order valence-corrected chi connectivity index (χ4v) is 3.94. The molecule has 2 aromatic carbocycles. The normalized spacial score (nSPS) is 26.6. The van der Waals surface area contributed by atoms with E-state index in [9.17, 15) is 0 Å². The van der Waals surface area contributed by atoms with Crippen LogP contribution in [-0.4, -0.2) is 12.6 Å². The minimum absolute atomic E-state index is 0.724. The number of aryl methyl sites for hydroxylation is 1. The second-order valence-electron chi connectivity index (χ2n) is 6.73. The fourth-order valence-electron chi connectivity index (χ4n) is 3.94. The summed E-state index contributed by atoms with van der Waals surface area (Å²) in [6.07, 6.45) is 3.87. The minimum Gasteiger partial charge on any atom is -0.313 e. The number of fused-ring (bicyclic) bond motifs is 1. The molecule has 2 aromatic rings. The van der Waals surface area contributed by atoms with Crippen molar-refractivity contribution >= 4 is 0 Å². The molecule has 1 heteroatoms. The lowest BCUT2D eigenvalue weighted by Gasteiger charge is -2.39. The van der Waals surface area contributed by atoms with E-state index in [0.29, 0.717) is 0 Å². The molecule has 0 heterocycles.